The standard InChI is InChI=1S/C20H17ClN10O2/c1-9(26-17-15(16(22)23-8-24-17)19-30-28-10(2)33-19)18-27-12-5-3-4-11(21)14(12)20(32)31(18)13-6-7-25-29-13/h3-9H,1-2H3,(H,25,29)(H3,22,23,24,26). The van der Waals surface area contributed by atoms with Crippen LogP contribution in [0.15, 0.2) is 46.0 Å². The van der Waals surface area contributed by atoms with E-state index < -0.39 is 6.04 Å². The van der Waals surface area contributed by atoms with Crippen LogP contribution < -0.4 is 16.6 Å². The van der Waals surface area contributed by atoms with Gasteiger partial charge in [0, 0.05) is 19.2 Å². The SMILES string of the molecule is Cc1nnc(-c2c(N)ncnc2NC(C)c2nc3cccc(Cl)c3c(=O)n2-c2cc[nH]n2)o1. The fourth-order valence-corrected chi connectivity index (χ4v) is 3.73. The molecule has 5 rings (SSSR count). The van der Waals surface area contributed by atoms with E-state index in [9.17, 15) is 4.79 Å². The number of nitrogens with two attached hydrogens (primary N) is 1. The molecule has 166 valence electrons. The number of rotatable bonds is 5. The molecule has 33 heavy (non-hydrogen) atoms. The van der Waals surface area contributed by atoms with Crippen molar-refractivity contribution in [3.63, 3.8) is 0 Å². The van der Waals surface area contributed by atoms with Crippen LogP contribution in [0.3, 0.4) is 0 Å². The lowest BCUT2D eigenvalue weighted by Gasteiger charge is -2.20. The van der Waals surface area contributed by atoms with Crippen LogP contribution in [-0.4, -0.2) is 39.9 Å². The Labute approximate surface area is 190 Å². The number of aryl methyl sites for hydroxylation is 1. The van der Waals surface area contributed by atoms with E-state index in [4.69, 9.17) is 26.7 Å². The highest BCUT2D eigenvalue weighted by atomic mass is 35.5. The first-order chi connectivity index (χ1) is 15.9. The van der Waals surface area contributed by atoms with Gasteiger partial charge in [-0.2, -0.15) is 5.10 Å². The number of nitrogens with zero attached hydrogens (tertiary/aromatic N) is 7. The van der Waals surface area contributed by atoms with Crippen molar-refractivity contribution in [2.75, 3.05) is 11.1 Å². The van der Waals surface area contributed by atoms with Gasteiger partial charge in [0.25, 0.3) is 11.4 Å². The van der Waals surface area contributed by atoms with Crippen LogP contribution in [-0.2, 0) is 0 Å². The number of H-pyrrole nitrogens is 1. The minimum absolute atomic E-state index is 0.159. The molecule has 0 spiro atoms. The molecule has 0 amide bonds. The van der Waals surface area contributed by atoms with Crippen LogP contribution in [0.2, 0.25) is 5.02 Å². The number of hydrogen-bond acceptors (Lipinski definition) is 10. The number of anilines is 2. The topological polar surface area (TPSA) is 166 Å². The van der Waals surface area contributed by atoms with Gasteiger partial charge in [-0.15, -0.1) is 10.2 Å². The van der Waals surface area contributed by atoms with Crippen LogP contribution in [0.5, 0.6) is 0 Å². The Morgan fingerprint density at radius 3 is 2.82 bits per heavy atom. The van der Waals surface area contributed by atoms with Gasteiger partial charge in [-0.1, -0.05) is 17.7 Å². The summed E-state index contributed by atoms with van der Waals surface area (Å²) in [6.45, 7) is 3.49. The first kappa shape index (κ1) is 20.6. The third-order valence-corrected chi connectivity index (χ3v) is 5.26. The molecule has 13 heteroatoms. The number of aromatic nitrogens is 8. The third kappa shape index (κ3) is 3.55. The molecule has 4 aromatic heterocycles. The summed E-state index contributed by atoms with van der Waals surface area (Å²) in [4.78, 5) is 26.5. The normalized spacial score (nSPS) is 12.2. The molecule has 0 saturated heterocycles. The van der Waals surface area contributed by atoms with E-state index in [-0.39, 0.29) is 17.3 Å². The quantitative estimate of drug-likeness (QED) is 0.351. The van der Waals surface area contributed by atoms with Crippen molar-refractivity contribution in [2.45, 2.75) is 19.9 Å². The van der Waals surface area contributed by atoms with Crippen molar-refractivity contribution in [3.05, 3.63) is 63.9 Å². The van der Waals surface area contributed by atoms with E-state index in [0.29, 0.717) is 44.8 Å². The number of hydrogen-bond donors (Lipinski definition) is 3. The Morgan fingerprint density at radius 2 is 2.09 bits per heavy atom. The van der Waals surface area contributed by atoms with Crippen molar-refractivity contribution < 1.29 is 4.42 Å². The number of fused-ring (bicyclic) bond motifs is 1. The monoisotopic (exact) mass is 464 g/mol. The molecule has 0 aliphatic carbocycles. The van der Waals surface area contributed by atoms with E-state index in [1.165, 1.54) is 10.9 Å². The molecular formula is C20H17ClN10O2. The lowest BCUT2D eigenvalue weighted by atomic mass is 10.2. The summed E-state index contributed by atoms with van der Waals surface area (Å²) in [5.74, 6) is 1.79. The molecule has 0 aliphatic rings. The van der Waals surface area contributed by atoms with Gasteiger partial charge in [0.2, 0.25) is 5.89 Å². The highest BCUT2D eigenvalue weighted by Crippen LogP contribution is 2.32. The highest BCUT2D eigenvalue weighted by Gasteiger charge is 2.24. The van der Waals surface area contributed by atoms with Gasteiger partial charge < -0.3 is 15.5 Å². The Hall–Kier alpha value is -4.32. The lowest BCUT2D eigenvalue weighted by molar-refractivity contribution is 0.532. The van der Waals surface area contributed by atoms with Gasteiger partial charge in [-0.25, -0.2) is 19.5 Å². The summed E-state index contributed by atoms with van der Waals surface area (Å²) >= 11 is 6.31. The first-order valence-electron chi connectivity index (χ1n) is 9.83. The Morgan fingerprint density at radius 1 is 1.24 bits per heavy atom. The Balaban J connectivity index is 1.66. The number of aromatic amines is 1. The number of benzene rings is 1. The van der Waals surface area contributed by atoms with E-state index in [2.05, 4.69) is 35.7 Å². The largest absolute Gasteiger partial charge is 0.421 e. The molecule has 12 nitrogen and oxygen atoms in total. The minimum Gasteiger partial charge on any atom is -0.421 e. The fourth-order valence-electron chi connectivity index (χ4n) is 3.48. The molecule has 0 bridgehead atoms. The molecule has 0 aliphatic heterocycles. The van der Waals surface area contributed by atoms with Crippen molar-refractivity contribution in [2.24, 2.45) is 0 Å². The van der Waals surface area contributed by atoms with Gasteiger partial charge in [0.1, 0.15) is 29.4 Å². The van der Waals surface area contributed by atoms with Crippen LogP contribution in [0, 0.1) is 6.92 Å². The van der Waals surface area contributed by atoms with Crippen molar-refractivity contribution >= 4 is 34.1 Å². The van der Waals surface area contributed by atoms with Crippen LogP contribution in [0.4, 0.5) is 11.6 Å². The predicted molar refractivity (Wildman–Crippen MR) is 121 cm³/mol. The zero-order chi connectivity index (χ0) is 23.1. The predicted octanol–water partition coefficient (Wildman–Crippen LogP) is 2.67. The maximum atomic E-state index is 13.4. The smallest absolute Gasteiger partial charge is 0.268 e. The number of nitrogen functional groups attached to an aromatic ring is 1. The second kappa shape index (κ2) is 7.98. The summed E-state index contributed by atoms with van der Waals surface area (Å²) in [7, 11) is 0. The van der Waals surface area contributed by atoms with Gasteiger partial charge in [0.15, 0.2) is 5.82 Å². The molecule has 0 radical (unpaired) electrons. The number of halogens is 1. The van der Waals surface area contributed by atoms with Gasteiger partial charge in [-0.05, 0) is 19.1 Å². The minimum atomic E-state index is -0.533. The average molecular weight is 465 g/mol. The summed E-state index contributed by atoms with van der Waals surface area (Å²) in [5, 5.41) is 18.6. The molecule has 4 N–H and O–H groups in total. The molecule has 0 fully saturated rings. The van der Waals surface area contributed by atoms with Crippen LogP contribution in [0.1, 0.15) is 24.7 Å². The highest BCUT2D eigenvalue weighted by molar-refractivity contribution is 6.35. The van der Waals surface area contributed by atoms with Crippen LogP contribution >= 0.6 is 11.6 Å². The van der Waals surface area contributed by atoms with Gasteiger partial charge in [0.05, 0.1) is 22.0 Å². The van der Waals surface area contributed by atoms with Crippen LogP contribution in [0.25, 0.3) is 28.2 Å². The molecule has 1 atom stereocenters. The number of nitrogens with one attached hydrogen (secondary N) is 2. The average Bonchev–Trinajstić information content (AvgIpc) is 3.45. The van der Waals surface area contributed by atoms with Gasteiger partial charge >= 0.3 is 0 Å². The second-order valence-electron chi connectivity index (χ2n) is 7.15. The van der Waals surface area contributed by atoms with E-state index in [0.717, 1.165) is 0 Å². The summed E-state index contributed by atoms with van der Waals surface area (Å²) < 4.78 is 6.92. The molecule has 5 aromatic rings. The van der Waals surface area contributed by atoms with Gasteiger partial charge in [-0.3, -0.25) is 9.89 Å². The zero-order valence-corrected chi connectivity index (χ0v) is 18.2. The molecule has 4 heterocycles. The molecule has 1 aromatic carbocycles. The van der Waals surface area contributed by atoms with Crippen molar-refractivity contribution in [1.29, 1.82) is 0 Å². The maximum absolute atomic E-state index is 13.4. The fraction of sp³-hybridized carbons (Fsp3) is 0.150. The van der Waals surface area contributed by atoms with Crippen molar-refractivity contribution in [3.8, 4) is 17.3 Å². The van der Waals surface area contributed by atoms with E-state index in [1.54, 1.807) is 37.4 Å². The summed E-state index contributed by atoms with van der Waals surface area (Å²) in [6, 6.07) is 6.24. The molecule has 0 saturated carbocycles. The Bertz CT molecular complexity index is 1530. The van der Waals surface area contributed by atoms with E-state index >= 15 is 0 Å². The molecular weight excluding hydrogens is 448 g/mol. The lowest BCUT2D eigenvalue weighted by Crippen LogP contribution is -2.28. The van der Waals surface area contributed by atoms with E-state index in [1.807, 2.05) is 6.92 Å². The Kier molecular flexibility index (Phi) is 4.98. The first-order valence-corrected chi connectivity index (χ1v) is 10.2. The van der Waals surface area contributed by atoms with Crippen molar-refractivity contribution in [1.82, 2.24) is 39.9 Å². The maximum Gasteiger partial charge on any atom is 0.268 e. The second-order valence-corrected chi connectivity index (χ2v) is 7.56. The summed E-state index contributed by atoms with van der Waals surface area (Å²) in [6.07, 6.45) is 2.92. The summed E-state index contributed by atoms with van der Waals surface area (Å²) in [5.41, 5.74) is 6.54. The third-order valence-electron chi connectivity index (χ3n) is 4.94. The zero-order valence-electron chi connectivity index (χ0n) is 17.4. The molecule has 1 unspecified atom stereocenters.